The van der Waals surface area contributed by atoms with E-state index in [0.29, 0.717) is 12.1 Å². The summed E-state index contributed by atoms with van der Waals surface area (Å²) in [6, 6.07) is 4.96. The number of hydrogen-bond donors (Lipinski definition) is 2. The van der Waals surface area contributed by atoms with Gasteiger partial charge >= 0.3 is 0 Å². The van der Waals surface area contributed by atoms with Crippen LogP contribution in [0.25, 0.3) is 0 Å². The van der Waals surface area contributed by atoms with Gasteiger partial charge in [0, 0.05) is 11.9 Å². The second-order valence-electron chi connectivity index (χ2n) is 4.84. The van der Waals surface area contributed by atoms with E-state index in [0.717, 1.165) is 5.96 Å². The lowest BCUT2D eigenvalue weighted by molar-refractivity contribution is 0.389. The summed E-state index contributed by atoms with van der Waals surface area (Å²) >= 11 is 1.76. The molecule has 0 radical (unpaired) electrons. The van der Waals surface area contributed by atoms with E-state index in [1.165, 1.54) is 30.6 Å². The number of nitrogens with two attached hydrogens (primary N) is 1. The first-order valence-electron chi connectivity index (χ1n) is 6.53. The molecule has 0 aromatic carbocycles. The average Bonchev–Trinajstić information content (AvgIpc) is 3.06. The minimum atomic E-state index is 0.293. The minimum Gasteiger partial charge on any atom is -0.337 e. The van der Waals surface area contributed by atoms with Crippen molar-refractivity contribution in [2.45, 2.75) is 44.7 Å². The second kappa shape index (κ2) is 6.20. The van der Waals surface area contributed by atoms with Gasteiger partial charge in [-0.15, -0.1) is 11.3 Å². The van der Waals surface area contributed by atoms with Gasteiger partial charge in [-0.1, -0.05) is 18.9 Å². The third kappa shape index (κ3) is 3.03. The summed E-state index contributed by atoms with van der Waals surface area (Å²) in [5.41, 5.74) is 2.75. The summed E-state index contributed by atoms with van der Waals surface area (Å²) in [5.74, 6) is 6.42. The fraction of sp³-hybridized carbons (Fsp3) is 0.615. The highest BCUT2D eigenvalue weighted by atomic mass is 32.1. The Morgan fingerprint density at radius 1 is 1.56 bits per heavy atom. The first kappa shape index (κ1) is 13.4. The van der Waals surface area contributed by atoms with Gasteiger partial charge in [0.2, 0.25) is 5.96 Å². The quantitative estimate of drug-likeness (QED) is 0.382. The summed E-state index contributed by atoms with van der Waals surface area (Å²) in [6.45, 7) is 2.17. The molecular formula is C13H22N4S. The van der Waals surface area contributed by atoms with Crippen LogP contribution < -0.4 is 11.3 Å². The molecule has 0 aliphatic heterocycles. The summed E-state index contributed by atoms with van der Waals surface area (Å²) in [6.07, 6.45) is 4.95. The summed E-state index contributed by atoms with van der Waals surface area (Å²) in [5, 5.41) is 2.10. The number of aliphatic imine (C=N–C) groups is 1. The van der Waals surface area contributed by atoms with Crippen LogP contribution in [0.2, 0.25) is 0 Å². The maximum atomic E-state index is 5.62. The van der Waals surface area contributed by atoms with E-state index in [1.807, 2.05) is 7.05 Å². The number of thiophene rings is 1. The predicted molar refractivity (Wildman–Crippen MR) is 77.5 cm³/mol. The summed E-state index contributed by atoms with van der Waals surface area (Å²) in [4.78, 5) is 8.18. The molecule has 1 aliphatic carbocycles. The molecule has 5 heteroatoms. The zero-order valence-corrected chi connectivity index (χ0v) is 11.9. The van der Waals surface area contributed by atoms with Crippen molar-refractivity contribution in [1.29, 1.82) is 0 Å². The molecule has 100 valence electrons. The molecule has 0 amide bonds. The van der Waals surface area contributed by atoms with Gasteiger partial charge in [-0.25, -0.2) is 10.8 Å². The fourth-order valence-electron chi connectivity index (χ4n) is 2.34. The van der Waals surface area contributed by atoms with E-state index in [4.69, 9.17) is 10.8 Å². The van der Waals surface area contributed by atoms with Crippen LogP contribution in [0.3, 0.4) is 0 Å². The predicted octanol–water partition coefficient (Wildman–Crippen LogP) is 2.50. The van der Waals surface area contributed by atoms with Gasteiger partial charge in [0.15, 0.2) is 0 Å². The van der Waals surface area contributed by atoms with E-state index in [2.05, 4.69) is 34.8 Å². The van der Waals surface area contributed by atoms with Crippen molar-refractivity contribution in [1.82, 2.24) is 10.3 Å². The fourth-order valence-corrected chi connectivity index (χ4v) is 3.17. The Balaban J connectivity index is 2.06. The van der Waals surface area contributed by atoms with Crippen molar-refractivity contribution < 1.29 is 0 Å². The molecule has 1 heterocycles. The standard InChI is InChI=1S/C13H22N4S/c1-10(12-8-5-9-18-12)17(2)13(16-14)15-11-6-3-4-7-11/h5,8-11H,3-4,6-7,14H2,1-2H3,(H,15,16). The number of rotatable bonds is 3. The highest BCUT2D eigenvalue weighted by Gasteiger charge is 2.19. The number of hydrogen-bond acceptors (Lipinski definition) is 3. The first-order valence-corrected chi connectivity index (χ1v) is 7.41. The van der Waals surface area contributed by atoms with E-state index < -0.39 is 0 Å². The number of nitrogens with zero attached hydrogens (tertiary/aromatic N) is 2. The second-order valence-corrected chi connectivity index (χ2v) is 5.82. The Hall–Kier alpha value is -1.07. The molecule has 1 atom stereocenters. The van der Waals surface area contributed by atoms with E-state index >= 15 is 0 Å². The van der Waals surface area contributed by atoms with Crippen molar-refractivity contribution in [2.24, 2.45) is 10.8 Å². The monoisotopic (exact) mass is 266 g/mol. The number of nitrogens with one attached hydrogen (secondary N) is 1. The van der Waals surface area contributed by atoms with Gasteiger partial charge in [0.1, 0.15) is 0 Å². The molecule has 1 aromatic heterocycles. The Labute approximate surface area is 113 Å². The van der Waals surface area contributed by atoms with Gasteiger partial charge in [0.05, 0.1) is 12.1 Å². The normalized spacial score (nSPS) is 18.9. The van der Waals surface area contributed by atoms with Gasteiger partial charge < -0.3 is 4.90 Å². The van der Waals surface area contributed by atoms with Crippen molar-refractivity contribution in [3.8, 4) is 0 Å². The summed E-state index contributed by atoms with van der Waals surface area (Å²) < 4.78 is 0. The van der Waals surface area contributed by atoms with E-state index in [1.54, 1.807) is 11.3 Å². The highest BCUT2D eigenvalue weighted by Crippen LogP contribution is 2.25. The molecule has 2 rings (SSSR count). The Bertz CT molecular complexity index is 382. The molecule has 0 spiro atoms. The van der Waals surface area contributed by atoms with Crippen LogP contribution in [-0.2, 0) is 0 Å². The largest absolute Gasteiger partial charge is 0.337 e. The lowest BCUT2D eigenvalue weighted by Crippen LogP contribution is -2.44. The molecule has 4 nitrogen and oxygen atoms in total. The van der Waals surface area contributed by atoms with Crippen molar-refractivity contribution in [2.75, 3.05) is 7.05 Å². The van der Waals surface area contributed by atoms with Crippen LogP contribution in [0.1, 0.15) is 43.5 Å². The minimum absolute atomic E-state index is 0.293. The van der Waals surface area contributed by atoms with Crippen LogP contribution in [0.5, 0.6) is 0 Å². The lowest BCUT2D eigenvalue weighted by Gasteiger charge is -2.27. The molecule has 0 bridgehead atoms. The van der Waals surface area contributed by atoms with Gasteiger partial charge in [-0.05, 0) is 31.2 Å². The van der Waals surface area contributed by atoms with E-state index in [-0.39, 0.29) is 0 Å². The SMILES string of the molecule is CC(c1cccs1)N(C)C(=NC1CCCC1)NN. The maximum absolute atomic E-state index is 5.62. The smallest absolute Gasteiger partial charge is 0.208 e. The number of guanidine groups is 1. The molecule has 1 unspecified atom stereocenters. The molecule has 0 saturated heterocycles. The van der Waals surface area contributed by atoms with Gasteiger partial charge in [0.25, 0.3) is 0 Å². The molecular weight excluding hydrogens is 244 g/mol. The Morgan fingerprint density at radius 2 is 2.28 bits per heavy atom. The van der Waals surface area contributed by atoms with Gasteiger partial charge in [-0.2, -0.15) is 0 Å². The van der Waals surface area contributed by atoms with E-state index in [9.17, 15) is 0 Å². The first-order chi connectivity index (χ1) is 8.72. The molecule has 1 aromatic rings. The topological polar surface area (TPSA) is 53.6 Å². The van der Waals surface area contributed by atoms with Crippen LogP contribution in [0.15, 0.2) is 22.5 Å². The number of hydrazine groups is 1. The van der Waals surface area contributed by atoms with Crippen LogP contribution in [-0.4, -0.2) is 23.9 Å². The molecule has 3 N–H and O–H groups in total. The molecule has 1 saturated carbocycles. The van der Waals surface area contributed by atoms with Crippen LogP contribution in [0.4, 0.5) is 0 Å². The lowest BCUT2D eigenvalue weighted by atomic mass is 10.2. The summed E-state index contributed by atoms with van der Waals surface area (Å²) in [7, 11) is 2.04. The Kier molecular flexibility index (Phi) is 4.60. The van der Waals surface area contributed by atoms with Crippen molar-refractivity contribution >= 4 is 17.3 Å². The van der Waals surface area contributed by atoms with Crippen molar-refractivity contribution in [3.05, 3.63) is 22.4 Å². The average molecular weight is 266 g/mol. The van der Waals surface area contributed by atoms with Crippen molar-refractivity contribution in [3.63, 3.8) is 0 Å². The zero-order valence-electron chi connectivity index (χ0n) is 11.1. The van der Waals surface area contributed by atoms with Crippen LogP contribution in [0, 0.1) is 0 Å². The molecule has 1 fully saturated rings. The van der Waals surface area contributed by atoms with Gasteiger partial charge in [-0.3, -0.25) is 5.43 Å². The highest BCUT2D eigenvalue weighted by molar-refractivity contribution is 7.10. The third-order valence-corrected chi connectivity index (χ3v) is 4.67. The third-order valence-electron chi connectivity index (χ3n) is 3.63. The van der Waals surface area contributed by atoms with Crippen LogP contribution >= 0.6 is 11.3 Å². The molecule has 18 heavy (non-hydrogen) atoms. The zero-order chi connectivity index (χ0) is 13.0. The molecule has 1 aliphatic rings. The maximum Gasteiger partial charge on any atom is 0.208 e. The Morgan fingerprint density at radius 3 is 2.83 bits per heavy atom.